The van der Waals surface area contributed by atoms with Crippen molar-refractivity contribution in [1.29, 1.82) is 5.26 Å². The Kier molecular flexibility index (Phi) is 5.36. The number of amides is 2. The number of aryl methyl sites for hydroxylation is 1. The summed E-state index contributed by atoms with van der Waals surface area (Å²) in [6.07, 6.45) is 1.40. The quantitative estimate of drug-likeness (QED) is 0.684. The van der Waals surface area contributed by atoms with Crippen LogP contribution in [0.2, 0.25) is 0 Å². The zero-order valence-corrected chi connectivity index (χ0v) is 16.1. The summed E-state index contributed by atoms with van der Waals surface area (Å²) in [5.74, 6) is -0.233. The molecule has 2 amide bonds. The number of pyridine rings is 1. The number of benzene rings is 1. The summed E-state index contributed by atoms with van der Waals surface area (Å²) in [7, 11) is 0. The number of nitrogens with one attached hydrogen (secondary N) is 2. The Hall–Kier alpha value is -4.06. The summed E-state index contributed by atoms with van der Waals surface area (Å²) >= 11 is 0. The first-order valence-corrected chi connectivity index (χ1v) is 8.70. The molecule has 9 heteroatoms. The minimum atomic E-state index is -1.04. The van der Waals surface area contributed by atoms with Gasteiger partial charge in [0.2, 0.25) is 0 Å². The van der Waals surface area contributed by atoms with Gasteiger partial charge in [0.15, 0.2) is 5.82 Å². The first kappa shape index (κ1) is 19.7. The fourth-order valence-corrected chi connectivity index (χ4v) is 2.48. The van der Waals surface area contributed by atoms with Gasteiger partial charge in [-0.25, -0.2) is 0 Å². The Morgan fingerprint density at radius 2 is 1.93 bits per heavy atom. The van der Waals surface area contributed by atoms with Crippen molar-refractivity contribution in [1.82, 2.24) is 20.4 Å². The Bertz CT molecular complexity index is 1110. The van der Waals surface area contributed by atoms with Crippen molar-refractivity contribution in [2.75, 3.05) is 5.32 Å². The first-order valence-electron chi connectivity index (χ1n) is 8.70. The van der Waals surface area contributed by atoms with Gasteiger partial charge in [-0.2, -0.15) is 10.2 Å². The van der Waals surface area contributed by atoms with Crippen molar-refractivity contribution in [2.24, 2.45) is 0 Å². The van der Waals surface area contributed by atoms with Crippen LogP contribution in [0.4, 0.5) is 5.69 Å². The fourth-order valence-electron chi connectivity index (χ4n) is 2.48. The summed E-state index contributed by atoms with van der Waals surface area (Å²) in [5.41, 5.74) is 0.241. The van der Waals surface area contributed by atoms with Crippen LogP contribution in [0.5, 0.6) is 0 Å². The number of carbonyl (C=O) groups is 2. The zero-order chi connectivity index (χ0) is 21.0. The largest absolute Gasteiger partial charge is 0.334 e. The molecule has 0 fully saturated rings. The Morgan fingerprint density at radius 1 is 1.17 bits per heavy atom. The van der Waals surface area contributed by atoms with E-state index in [1.165, 1.54) is 12.3 Å². The Labute approximate surface area is 166 Å². The molecular weight excluding hydrogens is 372 g/mol. The maximum atomic E-state index is 12.8. The number of anilines is 1. The molecule has 2 heterocycles. The maximum absolute atomic E-state index is 12.8. The van der Waals surface area contributed by atoms with Crippen LogP contribution >= 0.6 is 0 Å². The number of hydrogen-bond acceptors (Lipinski definition) is 7. The summed E-state index contributed by atoms with van der Waals surface area (Å²) in [5, 5.41) is 18.1. The van der Waals surface area contributed by atoms with Gasteiger partial charge in [-0.3, -0.25) is 14.6 Å². The molecule has 29 heavy (non-hydrogen) atoms. The minimum absolute atomic E-state index is 0.0759. The number of rotatable bonds is 5. The van der Waals surface area contributed by atoms with E-state index in [-0.39, 0.29) is 11.6 Å². The van der Waals surface area contributed by atoms with Crippen LogP contribution in [-0.4, -0.2) is 32.5 Å². The number of aromatic nitrogens is 3. The lowest BCUT2D eigenvalue weighted by atomic mass is 10.1. The smallest absolute Gasteiger partial charge is 0.271 e. The van der Waals surface area contributed by atoms with Crippen molar-refractivity contribution >= 4 is 17.5 Å². The highest BCUT2D eigenvalue weighted by atomic mass is 16.5. The van der Waals surface area contributed by atoms with Crippen LogP contribution in [0.1, 0.15) is 40.5 Å². The van der Waals surface area contributed by atoms with E-state index in [0.717, 1.165) is 0 Å². The molecular formula is C20H18N6O3. The summed E-state index contributed by atoms with van der Waals surface area (Å²) in [6.45, 7) is 4.84. The van der Waals surface area contributed by atoms with Crippen molar-refractivity contribution < 1.29 is 14.1 Å². The molecule has 2 aromatic heterocycles. The van der Waals surface area contributed by atoms with E-state index in [1.807, 2.05) is 6.07 Å². The predicted octanol–water partition coefficient (Wildman–Crippen LogP) is 2.72. The number of nitrogens with zero attached hydrogens (tertiary/aromatic N) is 4. The molecule has 0 saturated carbocycles. The van der Waals surface area contributed by atoms with Crippen molar-refractivity contribution in [2.45, 2.75) is 26.3 Å². The molecule has 0 spiro atoms. The van der Waals surface area contributed by atoms with Gasteiger partial charge >= 0.3 is 0 Å². The molecule has 9 nitrogen and oxygen atoms in total. The third-order valence-corrected chi connectivity index (χ3v) is 3.89. The molecule has 146 valence electrons. The topological polar surface area (TPSA) is 134 Å². The Balaban J connectivity index is 1.82. The Morgan fingerprint density at radius 3 is 2.62 bits per heavy atom. The molecule has 0 bridgehead atoms. The summed E-state index contributed by atoms with van der Waals surface area (Å²) < 4.78 is 5.17. The molecule has 0 unspecified atom stereocenters. The highest BCUT2D eigenvalue weighted by Gasteiger charge is 2.22. The molecule has 0 saturated heterocycles. The van der Waals surface area contributed by atoms with Crippen LogP contribution in [0, 0.1) is 18.3 Å². The monoisotopic (exact) mass is 390 g/mol. The molecule has 0 radical (unpaired) electrons. The second-order valence-electron chi connectivity index (χ2n) is 6.77. The van der Waals surface area contributed by atoms with E-state index in [2.05, 4.69) is 25.8 Å². The predicted molar refractivity (Wildman–Crippen MR) is 104 cm³/mol. The van der Waals surface area contributed by atoms with E-state index < -0.39 is 17.4 Å². The number of nitriles is 1. The first-order chi connectivity index (χ1) is 13.8. The summed E-state index contributed by atoms with van der Waals surface area (Å²) in [6, 6.07) is 11.8. The summed E-state index contributed by atoms with van der Waals surface area (Å²) in [4.78, 5) is 33.3. The number of carbonyl (C=O) groups excluding carboxylic acids is 2. The van der Waals surface area contributed by atoms with Crippen LogP contribution in [0.25, 0.3) is 11.5 Å². The van der Waals surface area contributed by atoms with Gasteiger partial charge in [-0.05, 0) is 45.0 Å². The van der Waals surface area contributed by atoms with Gasteiger partial charge in [0.05, 0.1) is 17.2 Å². The lowest BCUT2D eigenvalue weighted by Crippen LogP contribution is -2.42. The van der Waals surface area contributed by atoms with Crippen molar-refractivity contribution in [3.63, 3.8) is 0 Å². The molecule has 2 N–H and O–H groups in total. The van der Waals surface area contributed by atoms with E-state index in [1.54, 1.807) is 51.1 Å². The van der Waals surface area contributed by atoms with Crippen LogP contribution in [0.15, 0.2) is 47.1 Å². The SMILES string of the molecule is Cc1noc(-c2ccccc2C(=O)Nc2ccnc(C(=O)NC(C)(C)C#N)c2)n1. The van der Waals surface area contributed by atoms with Gasteiger partial charge < -0.3 is 15.2 Å². The van der Waals surface area contributed by atoms with Crippen molar-refractivity contribution in [3.8, 4) is 17.5 Å². The van der Waals surface area contributed by atoms with E-state index in [9.17, 15) is 9.59 Å². The molecule has 0 aliphatic rings. The third kappa shape index (κ3) is 4.62. The van der Waals surface area contributed by atoms with Crippen molar-refractivity contribution in [3.05, 3.63) is 59.7 Å². The number of hydrogen-bond donors (Lipinski definition) is 2. The average molecular weight is 390 g/mol. The van der Waals surface area contributed by atoms with Crippen LogP contribution in [-0.2, 0) is 0 Å². The second-order valence-corrected chi connectivity index (χ2v) is 6.77. The lowest BCUT2D eigenvalue weighted by Gasteiger charge is -2.17. The molecule has 3 aromatic rings. The van der Waals surface area contributed by atoms with Gasteiger partial charge in [-0.15, -0.1) is 0 Å². The fraction of sp³-hybridized carbons (Fsp3) is 0.200. The average Bonchev–Trinajstić information content (AvgIpc) is 3.14. The van der Waals surface area contributed by atoms with Gasteiger partial charge in [0, 0.05) is 11.9 Å². The van der Waals surface area contributed by atoms with E-state index in [4.69, 9.17) is 9.78 Å². The zero-order valence-electron chi connectivity index (χ0n) is 16.1. The van der Waals surface area contributed by atoms with Gasteiger partial charge in [-0.1, -0.05) is 17.3 Å². The second kappa shape index (κ2) is 7.90. The van der Waals surface area contributed by atoms with Crippen LogP contribution < -0.4 is 10.6 Å². The highest BCUT2D eigenvalue weighted by molar-refractivity contribution is 6.08. The molecule has 0 aliphatic carbocycles. The molecule has 3 rings (SSSR count). The van der Waals surface area contributed by atoms with Crippen LogP contribution in [0.3, 0.4) is 0 Å². The van der Waals surface area contributed by atoms with E-state index >= 15 is 0 Å². The molecule has 0 atom stereocenters. The minimum Gasteiger partial charge on any atom is -0.334 e. The molecule has 1 aromatic carbocycles. The third-order valence-electron chi connectivity index (χ3n) is 3.89. The molecule has 0 aliphatic heterocycles. The normalized spacial score (nSPS) is 10.8. The standard InChI is InChI=1S/C20H18N6O3/c1-12-23-19(29-26-12)15-7-5-4-6-14(15)17(27)24-13-8-9-22-16(10-13)18(28)25-20(2,3)11-21/h4-10H,1-3H3,(H,25,28)(H,22,24,27). The van der Waals surface area contributed by atoms with Gasteiger partial charge in [0.25, 0.3) is 17.7 Å². The van der Waals surface area contributed by atoms with E-state index in [0.29, 0.717) is 22.6 Å². The lowest BCUT2D eigenvalue weighted by molar-refractivity contribution is 0.0923. The highest BCUT2D eigenvalue weighted by Crippen LogP contribution is 2.23. The van der Waals surface area contributed by atoms with Gasteiger partial charge in [0.1, 0.15) is 11.2 Å². The maximum Gasteiger partial charge on any atom is 0.271 e.